The van der Waals surface area contributed by atoms with Crippen LogP contribution in [0.25, 0.3) is 36.5 Å². The number of benzene rings is 4. The third kappa shape index (κ3) is 18.3. The van der Waals surface area contributed by atoms with Gasteiger partial charge in [0.25, 0.3) is 0 Å². The van der Waals surface area contributed by atoms with Gasteiger partial charge in [-0.15, -0.1) is 0 Å². The van der Waals surface area contributed by atoms with Crippen LogP contribution in [0, 0.1) is 0 Å². The van der Waals surface area contributed by atoms with E-state index in [1.807, 2.05) is 109 Å². The Morgan fingerprint density at radius 1 is 0.333 bits per heavy atom. The Kier molecular flexibility index (Phi) is 25.0. The van der Waals surface area contributed by atoms with Crippen molar-refractivity contribution in [1.29, 1.82) is 0 Å². The molecule has 0 N–H and O–H groups in total. The molecule has 4 rings (SSSR count). The Morgan fingerprint density at radius 2 is 0.551 bits per heavy atom. The molecular weight excluding hydrogens is 934 g/mol. The van der Waals surface area contributed by atoms with Crippen molar-refractivity contribution in [3.8, 4) is 17.2 Å². The Bertz CT molecular complexity index is 2080. The third-order valence-electron chi connectivity index (χ3n) is 10.3. The second-order valence-corrected chi connectivity index (χ2v) is 21.9. The molecule has 12 nitrogen and oxygen atoms in total. The first kappa shape index (κ1) is 57.5. The second-order valence-electron chi connectivity index (χ2n) is 15.7. The van der Waals surface area contributed by atoms with Crippen LogP contribution >= 0.6 is 22.8 Å². The molecule has 0 aliphatic heterocycles. The van der Waals surface area contributed by atoms with E-state index in [0.717, 1.165) is 53.2 Å². The fourth-order valence-electron chi connectivity index (χ4n) is 7.47. The minimum Gasteiger partial charge on any atom is -0.494 e. The van der Waals surface area contributed by atoms with Crippen molar-refractivity contribution in [1.82, 2.24) is 0 Å². The lowest BCUT2D eigenvalue weighted by Gasteiger charge is -2.28. The van der Waals surface area contributed by atoms with Crippen LogP contribution in [0.3, 0.4) is 0 Å². The summed E-state index contributed by atoms with van der Waals surface area (Å²) in [7, 11) is -11.7. The van der Waals surface area contributed by atoms with Crippen molar-refractivity contribution in [2.24, 2.45) is 0 Å². The highest BCUT2D eigenvalue weighted by Crippen LogP contribution is 2.59. The van der Waals surface area contributed by atoms with E-state index in [0.29, 0.717) is 53.2 Å². The van der Waals surface area contributed by atoms with E-state index >= 15 is 13.7 Å². The SMILES string of the molecule is CCCOc1ccc(/C=C/c2c(CP(=O)(OCC)OCC)c(/C=C/c3ccc(OCCC)cc3)c(CP(=O)(OCC)OCC)c(/C=C/c3ccc(OCCC)cc3)c2CP(=O)(OCC)OCC)cc1. The summed E-state index contributed by atoms with van der Waals surface area (Å²) in [6, 6.07) is 23.2. The largest absolute Gasteiger partial charge is 0.494 e. The van der Waals surface area contributed by atoms with Crippen molar-refractivity contribution in [3.63, 3.8) is 0 Å². The van der Waals surface area contributed by atoms with E-state index < -0.39 is 22.8 Å². The van der Waals surface area contributed by atoms with Crippen molar-refractivity contribution >= 4 is 59.2 Å². The van der Waals surface area contributed by atoms with E-state index in [1.54, 1.807) is 41.5 Å². The number of rotatable bonds is 33. The van der Waals surface area contributed by atoms with Gasteiger partial charge in [0, 0.05) is 0 Å². The highest BCUT2D eigenvalue weighted by Gasteiger charge is 2.36. The molecule has 0 unspecified atom stereocenters. The molecule has 0 bridgehead atoms. The minimum atomic E-state index is -3.90. The summed E-state index contributed by atoms with van der Waals surface area (Å²) >= 11 is 0. The van der Waals surface area contributed by atoms with E-state index in [2.05, 4.69) is 20.8 Å². The van der Waals surface area contributed by atoms with Gasteiger partial charge in [-0.25, -0.2) is 0 Å². The van der Waals surface area contributed by atoms with Gasteiger partial charge < -0.3 is 41.4 Å². The van der Waals surface area contributed by atoms with Gasteiger partial charge in [0.1, 0.15) is 17.2 Å². The van der Waals surface area contributed by atoms with Gasteiger partial charge in [-0.1, -0.05) is 93.6 Å². The average Bonchev–Trinajstić information content (AvgIpc) is 3.33. The van der Waals surface area contributed by atoms with E-state index in [4.69, 9.17) is 41.4 Å². The van der Waals surface area contributed by atoms with E-state index in [-0.39, 0.29) is 58.1 Å². The molecule has 0 aromatic heterocycles. The molecule has 15 heteroatoms. The van der Waals surface area contributed by atoms with Crippen molar-refractivity contribution in [2.75, 3.05) is 59.5 Å². The molecular formula is C54H75O12P3. The zero-order valence-corrected chi connectivity index (χ0v) is 44.9. The lowest BCUT2D eigenvalue weighted by atomic mass is 9.86. The minimum absolute atomic E-state index is 0.114. The van der Waals surface area contributed by atoms with Gasteiger partial charge in [-0.2, -0.15) is 0 Å². The summed E-state index contributed by atoms with van der Waals surface area (Å²) in [5.41, 5.74) is 5.90. The third-order valence-corrected chi connectivity index (χ3v) is 16.4. The smallest absolute Gasteiger partial charge is 0.335 e. The molecule has 0 aliphatic carbocycles. The van der Waals surface area contributed by atoms with Crippen LogP contribution in [0.5, 0.6) is 17.2 Å². The highest BCUT2D eigenvalue weighted by atomic mass is 31.2. The van der Waals surface area contributed by atoms with Gasteiger partial charge in [0.05, 0.1) is 77.9 Å². The molecule has 0 fully saturated rings. The number of ether oxygens (including phenoxy) is 3. The molecule has 0 saturated heterocycles. The van der Waals surface area contributed by atoms with Crippen LogP contribution in [0.4, 0.5) is 0 Å². The lowest BCUT2D eigenvalue weighted by Crippen LogP contribution is -2.12. The van der Waals surface area contributed by atoms with Crippen LogP contribution in [0.1, 0.15) is 132 Å². The normalized spacial score (nSPS) is 12.5. The van der Waals surface area contributed by atoms with Crippen molar-refractivity contribution in [3.05, 3.63) is 123 Å². The van der Waals surface area contributed by atoms with Crippen LogP contribution in [-0.2, 0) is 59.3 Å². The summed E-state index contributed by atoms with van der Waals surface area (Å²) < 4.78 is 98.9. The molecule has 0 heterocycles. The summed E-state index contributed by atoms with van der Waals surface area (Å²) in [6.07, 6.45) is 13.6. The predicted molar refractivity (Wildman–Crippen MR) is 284 cm³/mol. The van der Waals surface area contributed by atoms with E-state index in [1.165, 1.54) is 0 Å². The monoisotopic (exact) mass is 1010 g/mol. The molecule has 4 aromatic rings. The second kappa shape index (κ2) is 30.0. The number of hydrogen-bond acceptors (Lipinski definition) is 12. The average molecular weight is 1010 g/mol. The summed E-state index contributed by atoms with van der Waals surface area (Å²) in [5, 5.41) is 0. The maximum absolute atomic E-state index is 15.0. The quantitative estimate of drug-likeness (QED) is 0.0332. The fourth-order valence-corrected chi connectivity index (χ4v) is 12.8. The summed E-state index contributed by atoms with van der Waals surface area (Å²) in [4.78, 5) is 0. The topological polar surface area (TPSA) is 134 Å². The maximum atomic E-state index is 15.0. The molecule has 0 amide bonds. The van der Waals surface area contributed by atoms with Gasteiger partial charge in [0.2, 0.25) is 0 Å². The van der Waals surface area contributed by atoms with Crippen LogP contribution in [0.15, 0.2) is 72.8 Å². The summed E-state index contributed by atoms with van der Waals surface area (Å²) in [5.74, 6) is 2.23. The van der Waals surface area contributed by atoms with Crippen LogP contribution < -0.4 is 14.2 Å². The van der Waals surface area contributed by atoms with Crippen LogP contribution in [-0.4, -0.2) is 59.5 Å². The molecule has 0 spiro atoms. The molecule has 4 aromatic carbocycles. The lowest BCUT2D eigenvalue weighted by molar-refractivity contribution is 0.218. The molecule has 0 aliphatic rings. The first-order valence-electron chi connectivity index (χ1n) is 24.4. The van der Waals surface area contributed by atoms with Gasteiger partial charge in [0.15, 0.2) is 0 Å². The van der Waals surface area contributed by atoms with Crippen LogP contribution in [0.2, 0.25) is 0 Å². The van der Waals surface area contributed by atoms with Crippen molar-refractivity contribution in [2.45, 2.75) is 100 Å². The highest BCUT2D eigenvalue weighted by molar-refractivity contribution is 7.53. The first-order chi connectivity index (χ1) is 33.3. The molecule has 378 valence electrons. The number of hydrogen-bond donors (Lipinski definition) is 0. The van der Waals surface area contributed by atoms with Gasteiger partial charge in [-0.05, 0) is 147 Å². The van der Waals surface area contributed by atoms with E-state index in [9.17, 15) is 0 Å². The van der Waals surface area contributed by atoms with Gasteiger partial charge in [-0.3, -0.25) is 13.7 Å². The Labute approximate surface area is 412 Å². The molecule has 69 heavy (non-hydrogen) atoms. The predicted octanol–water partition coefficient (Wildman–Crippen LogP) is 15.9. The zero-order chi connectivity index (χ0) is 50.1. The standard InChI is InChI=1S/C54H75O12P3/c1-10-37-58-46-28-19-43(20-29-46)25-34-49-52(40-67(55,61-13-4)62-14-5)50(35-26-44-21-30-47(31-22-44)59-38-11-2)54(42-69(57,65-17-8)66-18-9)51(53(49)41-68(56,63-15-6)64-16-7)36-27-45-23-32-48(33-24-45)60-39-12-3/h19-36H,10-18,37-42H2,1-9H3/b34-25+,35-26+,36-27+. The van der Waals surface area contributed by atoms with Gasteiger partial charge >= 0.3 is 22.8 Å². The van der Waals surface area contributed by atoms with Crippen molar-refractivity contribution < 1.29 is 55.0 Å². The zero-order valence-electron chi connectivity index (χ0n) is 42.2. The molecule has 0 radical (unpaired) electrons. The Balaban J connectivity index is 2.28. The Morgan fingerprint density at radius 3 is 0.739 bits per heavy atom. The maximum Gasteiger partial charge on any atom is 0.335 e. The molecule has 0 saturated carbocycles. The Hall–Kier alpha value is -4.05. The first-order valence-corrected chi connectivity index (χ1v) is 29.6. The summed E-state index contributed by atoms with van der Waals surface area (Å²) in [6.45, 7) is 19.2. The fraction of sp³-hybridized carbons (Fsp3) is 0.444. The molecule has 0 atom stereocenters.